The summed E-state index contributed by atoms with van der Waals surface area (Å²) < 4.78 is 27.1. The van der Waals surface area contributed by atoms with Gasteiger partial charge in [0.1, 0.15) is 17.7 Å². The predicted octanol–water partition coefficient (Wildman–Crippen LogP) is 1.84. The maximum absolute atomic E-state index is 13.8. The Morgan fingerprint density at radius 2 is 2.00 bits per heavy atom. The number of nitrogens with one attached hydrogen (secondary N) is 1. The van der Waals surface area contributed by atoms with Gasteiger partial charge in [-0.15, -0.1) is 0 Å². The zero-order chi connectivity index (χ0) is 14.9. The van der Waals surface area contributed by atoms with E-state index >= 15 is 0 Å². The van der Waals surface area contributed by atoms with Gasteiger partial charge in [-0.3, -0.25) is 9.59 Å². The standard InChI is InChI=1S/C14H16F2N2O2/c1-8(2)13-14(20)18(6-5-12(19)17-13)11-7-9(15)3-4-10(11)16/h3-4,7-8,13H,5-6H2,1-2H3,(H,17,19). The zero-order valence-electron chi connectivity index (χ0n) is 11.3. The molecule has 6 heteroatoms. The molecule has 20 heavy (non-hydrogen) atoms. The Kier molecular flexibility index (Phi) is 4.01. The molecule has 1 fully saturated rings. The van der Waals surface area contributed by atoms with E-state index in [0.717, 1.165) is 23.1 Å². The van der Waals surface area contributed by atoms with E-state index in [1.807, 2.05) is 0 Å². The van der Waals surface area contributed by atoms with Crippen LogP contribution >= 0.6 is 0 Å². The fraction of sp³-hybridized carbons (Fsp3) is 0.429. The quantitative estimate of drug-likeness (QED) is 0.900. The van der Waals surface area contributed by atoms with Gasteiger partial charge in [-0.2, -0.15) is 0 Å². The number of amides is 2. The Morgan fingerprint density at radius 1 is 1.30 bits per heavy atom. The molecule has 1 aromatic rings. The Balaban J connectivity index is 2.41. The zero-order valence-corrected chi connectivity index (χ0v) is 11.3. The first kappa shape index (κ1) is 14.4. The molecular formula is C14H16F2N2O2. The van der Waals surface area contributed by atoms with Crippen molar-refractivity contribution >= 4 is 17.5 Å². The van der Waals surface area contributed by atoms with Crippen molar-refractivity contribution in [3.63, 3.8) is 0 Å². The molecule has 0 bridgehead atoms. The molecule has 108 valence electrons. The predicted molar refractivity (Wildman–Crippen MR) is 70.1 cm³/mol. The molecule has 2 amide bonds. The summed E-state index contributed by atoms with van der Waals surface area (Å²) in [5.41, 5.74) is -0.128. The van der Waals surface area contributed by atoms with E-state index in [4.69, 9.17) is 0 Å². The molecule has 0 aromatic heterocycles. The molecule has 4 nitrogen and oxygen atoms in total. The third-order valence-corrected chi connectivity index (χ3v) is 3.28. The van der Waals surface area contributed by atoms with Crippen LogP contribution in [0.2, 0.25) is 0 Å². The van der Waals surface area contributed by atoms with Crippen molar-refractivity contribution in [1.82, 2.24) is 5.32 Å². The lowest BCUT2D eigenvalue weighted by Gasteiger charge is -2.26. The first-order valence-electron chi connectivity index (χ1n) is 6.46. The minimum atomic E-state index is -0.729. The summed E-state index contributed by atoms with van der Waals surface area (Å²) >= 11 is 0. The lowest BCUT2D eigenvalue weighted by Crippen LogP contribution is -2.48. The molecule has 0 saturated carbocycles. The molecule has 1 N–H and O–H groups in total. The lowest BCUT2D eigenvalue weighted by atomic mass is 10.0. The highest BCUT2D eigenvalue weighted by Gasteiger charge is 2.33. The van der Waals surface area contributed by atoms with E-state index in [-0.39, 0.29) is 30.5 Å². The maximum atomic E-state index is 13.8. The van der Waals surface area contributed by atoms with Crippen molar-refractivity contribution in [2.75, 3.05) is 11.4 Å². The first-order valence-corrected chi connectivity index (χ1v) is 6.46. The van der Waals surface area contributed by atoms with Crippen LogP contribution in [0.4, 0.5) is 14.5 Å². The van der Waals surface area contributed by atoms with Crippen molar-refractivity contribution in [3.05, 3.63) is 29.8 Å². The summed E-state index contributed by atoms with van der Waals surface area (Å²) in [6.45, 7) is 3.61. The third-order valence-electron chi connectivity index (χ3n) is 3.28. The van der Waals surface area contributed by atoms with Crippen molar-refractivity contribution in [2.24, 2.45) is 5.92 Å². The number of hydrogen-bond donors (Lipinski definition) is 1. The van der Waals surface area contributed by atoms with Crippen LogP contribution in [0.5, 0.6) is 0 Å². The van der Waals surface area contributed by atoms with Crippen LogP contribution in [0.3, 0.4) is 0 Å². The number of nitrogens with zero attached hydrogens (tertiary/aromatic N) is 1. The van der Waals surface area contributed by atoms with Gasteiger partial charge in [-0.1, -0.05) is 13.8 Å². The Hall–Kier alpha value is -1.98. The van der Waals surface area contributed by atoms with Crippen LogP contribution in [-0.4, -0.2) is 24.4 Å². The SMILES string of the molecule is CC(C)C1NC(=O)CCN(c2cc(F)ccc2F)C1=O. The minimum Gasteiger partial charge on any atom is -0.344 e. The van der Waals surface area contributed by atoms with Crippen molar-refractivity contribution < 1.29 is 18.4 Å². The van der Waals surface area contributed by atoms with Gasteiger partial charge in [-0.05, 0) is 18.1 Å². The molecule has 1 unspecified atom stereocenters. The van der Waals surface area contributed by atoms with Crippen LogP contribution < -0.4 is 10.2 Å². The average Bonchev–Trinajstić information content (AvgIpc) is 2.53. The monoisotopic (exact) mass is 282 g/mol. The van der Waals surface area contributed by atoms with Crippen molar-refractivity contribution in [3.8, 4) is 0 Å². The van der Waals surface area contributed by atoms with Gasteiger partial charge in [0.05, 0.1) is 5.69 Å². The van der Waals surface area contributed by atoms with E-state index < -0.39 is 23.6 Å². The van der Waals surface area contributed by atoms with Crippen LogP contribution in [0.1, 0.15) is 20.3 Å². The molecule has 1 aromatic carbocycles. The molecule has 1 atom stereocenters. The Bertz CT molecular complexity index is 546. The number of carbonyl (C=O) groups is 2. The number of carbonyl (C=O) groups excluding carboxylic acids is 2. The third kappa shape index (κ3) is 2.79. The fourth-order valence-electron chi connectivity index (χ4n) is 2.18. The summed E-state index contributed by atoms with van der Waals surface area (Å²) in [5.74, 6) is -2.13. The fourth-order valence-corrected chi connectivity index (χ4v) is 2.18. The lowest BCUT2D eigenvalue weighted by molar-refractivity contribution is -0.126. The molecule has 2 rings (SSSR count). The molecule has 0 radical (unpaired) electrons. The molecule has 1 aliphatic heterocycles. The second-order valence-electron chi connectivity index (χ2n) is 5.12. The van der Waals surface area contributed by atoms with Gasteiger partial charge in [0.2, 0.25) is 11.8 Å². The molecule has 0 aliphatic carbocycles. The number of hydrogen-bond acceptors (Lipinski definition) is 2. The van der Waals surface area contributed by atoms with Gasteiger partial charge in [0.25, 0.3) is 0 Å². The Labute approximate surface area is 115 Å². The van der Waals surface area contributed by atoms with Gasteiger partial charge in [0.15, 0.2) is 0 Å². The van der Waals surface area contributed by atoms with Crippen LogP contribution in [0, 0.1) is 17.6 Å². The van der Waals surface area contributed by atoms with Gasteiger partial charge < -0.3 is 10.2 Å². The summed E-state index contributed by atoms with van der Waals surface area (Å²) in [7, 11) is 0. The average molecular weight is 282 g/mol. The highest BCUT2D eigenvalue weighted by Crippen LogP contribution is 2.24. The Morgan fingerprint density at radius 3 is 2.65 bits per heavy atom. The van der Waals surface area contributed by atoms with Gasteiger partial charge >= 0.3 is 0 Å². The van der Waals surface area contributed by atoms with Gasteiger partial charge in [0, 0.05) is 19.0 Å². The van der Waals surface area contributed by atoms with E-state index in [1.165, 1.54) is 0 Å². The van der Waals surface area contributed by atoms with E-state index in [9.17, 15) is 18.4 Å². The largest absolute Gasteiger partial charge is 0.344 e. The van der Waals surface area contributed by atoms with Crippen molar-refractivity contribution in [1.29, 1.82) is 0 Å². The van der Waals surface area contributed by atoms with Crippen LogP contribution in [-0.2, 0) is 9.59 Å². The highest BCUT2D eigenvalue weighted by molar-refractivity contribution is 6.01. The molecule has 1 aliphatic rings. The topological polar surface area (TPSA) is 49.4 Å². The number of rotatable bonds is 2. The highest BCUT2D eigenvalue weighted by atomic mass is 19.1. The van der Waals surface area contributed by atoms with Gasteiger partial charge in [-0.25, -0.2) is 8.78 Å². The molecule has 0 spiro atoms. The van der Waals surface area contributed by atoms with Crippen molar-refractivity contribution in [2.45, 2.75) is 26.3 Å². The summed E-state index contributed by atoms with van der Waals surface area (Å²) in [6.07, 6.45) is 0.0604. The second kappa shape index (κ2) is 5.56. The molecular weight excluding hydrogens is 266 g/mol. The smallest absolute Gasteiger partial charge is 0.249 e. The second-order valence-corrected chi connectivity index (χ2v) is 5.12. The summed E-state index contributed by atoms with van der Waals surface area (Å²) in [4.78, 5) is 25.2. The van der Waals surface area contributed by atoms with Crippen LogP contribution in [0.15, 0.2) is 18.2 Å². The first-order chi connectivity index (χ1) is 9.40. The summed E-state index contributed by atoms with van der Waals surface area (Å²) in [5, 5.41) is 2.62. The van der Waals surface area contributed by atoms with E-state index in [1.54, 1.807) is 13.8 Å². The van der Waals surface area contributed by atoms with E-state index in [0.29, 0.717) is 0 Å². The number of anilines is 1. The van der Waals surface area contributed by atoms with Crippen LogP contribution in [0.25, 0.3) is 0 Å². The number of halogens is 2. The van der Waals surface area contributed by atoms with E-state index in [2.05, 4.69) is 5.32 Å². The number of benzene rings is 1. The molecule has 1 saturated heterocycles. The minimum absolute atomic E-state index is 0.0360. The summed E-state index contributed by atoms with van der Waals surface area (Å²) in [6, 6.07) is 2.21. The normalized spacial score (nSPS) is 20.1. The maximum Gasteiger partial charge on any atom is 0.249 e. The molecule has 1 heterocycles.